The molecule has 36 heavy (non-hydrogen) atoms. The summed E-state index contributed by atoms with van der Waals surface area (Å²) in [6.45, 7) is 9.12. The van der Waals surface area contributed by atoms with Gasteiger partial charge in [0.25, 0.3) is 0 Å². The zero-order valence-corrected chi connectivity index (χ0v) is 25.1. The van der Waals surface area contributed by atoms with Crippen molar-refractivity contribution >= 4 is 19.1 Å². The number of rotatable bonds is 4. The van der Waals surface area contributed by atoms with Crippen molar-refractivity contribution in [3.63, 3.8) is 0 Å². The Balaban J connectivity index is 1.72. The van der Waals surface area contributed by atoms with Crippen LogP contribution in [-0.4, -0.2) is 5.43 Å². The summed E-state index contributed by atoms with van der Waals surface area (Å²) in [6, 6.07) is 30.8. The van der Waals surface area contributed by atoms with Crippen LogP contribution in [0.15, 0.2) is 100 Å². The Morgan fingerprint density at radius 2 is 1.36 bits per heavy atom. The van der Waals surface area contributed by atoms with Crippen LogP contribution in [0, 0.1) is 27.7 Å². The van der Waals surface area contributed by atoms with E-state index >= 15 is 0 Å². The van der Waals surface area contributed by atoms with Gasteiger partial charge in [0.05, 0.1) is 0 Å². The zero-order chi connectivity index (χ0) is 24.8. The van der Waals surface area contributed by atoms with Gasteiger partial charge in [-0.25, -0.2) is 0 Å². The van der Waals surface area contributed by atoms with Crippen molar-refractivity contribution in [2.45, 2.75) is 40.5 Å². The van der Waals surface area contributed by atoms with Gasteiger partial charge in [0.2, 0.25) is 0 Å². The molecule has 0 N–H and O–H groups in total. The molecule has 0 radical (unpaired) electrons. The molecule has 0 nitrogen and oxygen atoms in total. The zero-order valence-electron chi connectivity index (χ0n) is 21.7. The van der Waals surface area contributed by atoms with E-state index in [9.17, 15) is 0 Å². The number of aryl methyl sites for hydroxylation is 4. The van der Waals surface area contributed by atoms with Gasteiger partial charge in [-0.3, -0.25) is 0 Å². The summed E-state index contributed by atoms with van der Waals surface area (Å²) < 4.78 is 3.54. The van der Waals surface area contributed by atoms with E-state index in [4.69, 9.17) is 0 Å². The molecule has 0 aromatic heterocycles. The van der Waals surface area contributed by atoms with Crippen LogP contribution in [0.3, 0.4) is 0 Å². The predicted octanol–water partition coefficient (Wildman–Crippen LogP) is 6.38. The van der Waals surface area contributed by atoms with Gasteiger partial charge in [0.15, 0.2) is 0 Å². The predicted molar refractivity (Wildman–Crippen MR) is 153 cm³/mol. The van der Waals surface area contributed by atoms with E-state index in [1.54, 1.807) is 22.5 Å². The summed E-state index contributed by atoms with van der Waals surface area (Å²) in [5.74, 6) is 0. The van der Waals surface area contributed by atoms with Gasteiger partial charge in [-0.2, -0.15) is 0 Å². The first-order chi connectivity index (χ1) is 17.5. The second-order valence-electron chi connectivity index (χ2n) is 10.4. The van der Waals surface area contributed by atoms with Crippen molar-refractivity contribution in [2.75, 3.05) is 0 Å². The van der Waals surface area contributed by atoms with Crippen molar-refractivity contribution in [1.82, 2.24) is 0 Å². The van der Waals surface area contributed by atoms with Crippen LogP contribution >= 0.6 is 0 Å². The standard InChI is InChI=1S/C15H13.C14H14Si.C5H5.Zr/c1-10-3-5-14-12(7-10)9-13-8-11(2)4-6-15(13)14;1-11-5-3-7-13(9-11)15-14-8-4-6-12(2)10-14;1-2-4-5-3-1;/h3-7H,9H2,1-2H3;3-10H,1-2H3;1-3H,4H2;. The Kier molecular flexibility index (Phi) is 6.44. The number of allylic oxidation sites excluding steroid dienone is 4. The van der Waals surface area contributed by atoms with E-state index in [1.165, 1.54) is 38.9 Å². The molecule has 2 aliphatic carbocycles. The van der Waals surface area contributed by atoms with Crippen molar-refractivity contribution in [2.24, 2.45) is 0 Å². The molecule has 0 unspecified atom stereocenters. The monoisotopic (exact) mass is 558 g/mol. The Labute approximate surface area is 223 Å². The van der Waals surface area contributed by atoms with Crippen LogP contribution in [0.25, 0.3) is 11.1 Å². The number of hydrogen-bond donors (Lipinski definition) is 0. The average Bonchev–Trinajstić information content (AvgIpc) is 3.50. The Bertz CT molecular complexity index is 1570. The number of fused-ring (bicyclic) bond motifs is 3. The molecule has 0 saturated heterocycles. The minimum absolute atomic E-state index is 0.967. The molecule has 0 spiro atoms. The van der Waals surface area contributed by atoms with Crippen LogP contribution in [0.5, 0.6) is 0 Å². The maximum atomic E-state index is 2.50. The third-order valence-electron chi connectivity index (χ3n) is 7.65. The van der Waals surface area contributed by atoms with Crippen LogP contribution < -0.4 is 13.6 Å². The van der Waals surface area contributed by atoms with Gasteiger partial charge < -0.3 is 0 Å². The molecule has 0 bridgehead atoms. The first-order valence-corrected chi connectivity index (χ1v) is 20.6. The summed E-state index contributed by atoms with van der Waals surface area (Å²) >= 11 is -2.40. The molecule has 0 aliphatic heterocycles. The molecular weight excluding hydrogens is 528 g/mol. The summed E-state index contributed by atoms with van der Waals surface area (Å²) in [5.41, 5.74) is 10.8. The fourth-order valence-corrected chi connectivity index (χ4v) is 27.4. The van der Waals surface area contributed by atoms with Crippen molar-refractivity contribution in [3.05, 3.63) is 134 Å². The summed E-state index contributed by atoms with van der Waals surface area (Å²) in [4.78, 5) is 0. The van der Waals surface area contributed by atoms with Crippen molar-refractivity contribution in [1.29, 1.82) is 0 Å². The van der Waals surface area contributed by atoms with E-state index < -0.39 is 25.8 Å². The molecule has 2 heteroatoms. The molecule has 4 aromatic carbocycles. The number of hydrogen-bond acceptors (Lipinski definition) is 0. The van der Waals surface area contributed by atoms with Crippen LogP contribution in [0.2, 0.25) is 0 Å². The van der Waals surface area contributed by atoms with E-state index in [2.05, 4.69) is 125 Å². The third kappa shape index (κ3) is 4.29. The molecule has 0 heterocycles. The first-order valence-electron chi connectivity index (χ1n) is 13.0. The summed E-state index contributed by atoms with van der Waals surface area (Å²) in [6.07, 6.45) is 9.42. The summed E-state index contributed by atoms with van der Waals surface area (Å²) in [7, 11) is 0. The molecule has 0 atom stereocenters. The SMILES string of the molecule is Cc1cccc([Si](c2cccc(C)c2)=[Zr]([C]2=CC=CC2)[c]2c(C)ccc3c2Cc2cc(C)ccc2-3)c1. The molecular formula is C34H32SiZr. The van der Waals surface area contributed by atoms with E-state index in [0.717, 1.165) is 12.8 Å². The fourth-order valence-electron chi connectivity index (χ4n) is 6.01. The third-order valence-corrected chi connectivity index (χ3v) is 26.7. The van der Waals surface area contributed by atoms with Crippen LogP contribution in [0.4, 0.5) is 0 Å². The second kappa shape index (κ2) is 9.73. The molecule has 4 aromatic rings. The van der Waals surface area contributed by atoms with E-state index in [-0.39, 0.29) is 0 Å². The topological polar surface area (TPSA) is 0 Å². The van der Waals surface area contributed by atoms with Gasteiger partial charge in [0, 0.05) is 0 Å². The summed E-state index contributed by atoms with van der Waals surface area (Å²) in [5, 5.41) is 3.19. The van der Waals surface area contributed by atoms with E-state index in [1.807, 2.05) is 0 Å². The van der Waals surface area contributed by atoms with E-state index in [0.29, 0.717) is 0 Å². The van der Waals surface area contributed by atoms with Gasteiger partial charge in [-0.1, -0.05) is 0 Å². The van der Waals surface area contributed by atoms with Crippen molar-refractivity contribution in [3.8, 4) is 11.1 Å². The average molecular weight is 560 g/mol. The Hall–Kier alpha value is -2.54. The van der Waals surface area contributed by atoms with Gasteiger partial charge in [0.1, 0.15) is 0 Å². The molecule has 0 fully saturated rings. The second-order valence-corrected chi connectivity index (χ2v) is 23.6. The molecule has 176 valence electrons. The fraction of sp³-hybridized carbons (Fsp3) is 0.176. The van der Waals surface area contributed by atoms with Gasteiger partial charge in [-0.05, 0) is 0 Å². The molecule has 2 aliphatic rings. The maximum absolute atomic E-state index is 2.50. The normalized spacial score (nSPS) is 13.4. The number of benzene rings is 4. The quantitative estimate of drug-likeness (QED) is 0.224. The molecule has 0 saturated carbocycles. The van der Waals surface area contributed by atoms with Crippen LogP contribution in [0.1, 0.15) is 39.8 Å². The molecule has 6 rings (SSSR count). The first kappa shape index (κ1) is 23.8. The molecule has 0 amide bonds. The van der Waals surface area contributed by atoms with Gasteiger partial charge >= 0.3 is 225 Å². The van der Waals surface area contributed by atoms with Gasteiger partial charge in [-0.15, -0.1) is 0 Å². The Morgan fingerprint density at radius 1 is 0.694 bits per heavy atom. The van der Waals surface area contributed by atoms with Crippen molar-refractivity contribution < 1.29 is 20.4 Å². The Morgan fingerprint density at radius 3 is 2.00 bits per heavy atom. The minimum atomic E-state index is -2.40. The van der Waals surface area contributed by atoms with Crippen LogP contribution in [-0.2, 0) is 26.8 Å².